The highest BCUT2D eigenvalue weighted by molar-refractivity contribution is 4.85. The number of rotatable bonds is 2. The topological polar surface area (TPSA) is 29.3 Å². The number of piperidine rings is 1. The van der Waals surface area contributed by atoms with Gasteiger partial charge in [0.05, 0.1) is 0 Å². The Balaban J connectivity index is 2.51. The Kier molecular flexibility index (Phi) is 3.13. The van der Waals surface area contributed by atoms with Crippen LogP contribution in [0, 0.1) is 11.3 Å². The minimum atomic E-state index is 0.465. The predicted molar refractivity (Wildman–Crippen MR) is 53.1 cm³/mol. The number of likely N-dealkylation sites (tertiary alicyclic amines) is 1. The molecule has 1 saturated heterocycles. The zero-order valence-electron chi connectivity index (χ0n) is 8.64. The van der Waals surface area contributed by atoms with Gasteiger partial charge in [0.15, 0.2) is 0 Å². The zero-order chi connectivity index (χ0) is 9.19. The molecule has 1 aliphatic heterocycles. The molecule has 0 bridgehead atoms. The SMILES string of the molecule is CN1CCC(CCN)C(C)(C)C1. The molecule has 12 heavy (non-hydrogen) atoms. The smallest absolute Gasteiger partial charge is 0.00323 e. The summed E-state index contributed by atoms with van der Waals surface area (Å²) in [6.45, 7) is 8.04. The molecule has 1 unspecified atom stereocenters. The molecule has 2 nitrogen and oxygen atoms in total. The van der Waals surface area contributed by atoms with E-state index in [1.165, 1.54) is 25.9 Å². The molecule has 0 aromatic carbocycles. The van der Waals surface area contributed by atoms with E-state index in [0.29, 0.717) is 5.41 Å². The summed E-state index contributed by atoms with van der Waals surface area (Å²) in [7, 11) is 2.21. The van der Waals surface area contributed by atoms with E-state index in [2.05, 4.69) is 25.8 Å². The summed E-state index contributed by atoms with van der Waals surface area (Å²) in [6, 6.07) is 0. The van der Waals surface area contributed by atoms with Crippen molar-refractivity contribution in [3.63, 3.8) is 0 Å². The van der Waals surface area contributed by atoms with Crippen LogP contribution in [0.25, 0.3) is 0 Å². The number of hydrogen-bond acceptors (Lipinski definition) is 2. The Labute approximate surface area is 76.1 Å². The number of hydrogen-bond donors (Lipinski definition) is 1. The van der Waals surface area contributed by atoms with Gasteiger partial charge < -0.3 is 10.6 Å². The summed E-state index contributed by atoms with van der Waals surface area (Å²) in [4.78, 5) is 2.42. The third-order valence-electron chi connectivity index (χ3n) is 3.16. The largest absolute Gasteiger partial charge is 0.330 e. The van der Waals surface area contributed by atoms with Gasteiger partial charge in [0.1, 0.15) is 0 Å². The Morgan fingerprint density at radius 1 is 1.50 bits per heavy atom. The van der Waals surface area contributed by atoms with Crippen LogP contribution in [0.4, 0.5) is 0 Å². The summed E-state index contributed by atoms with van der Waals surface area (Å²) >= 11 is 0. The van der Waals surface area contributed by atoms with Crippen molar-refractivity contribution >= 4 is 0 Å². The molecule has 0 saturated carbocycles. The molecule has 1 rings (SSSR count). The molecular formula is C10H22N2. The van der Waals surface area contributed by atoms with Crippen molar-refractivity contribution < 1.29 is 0 Å². The Morgan fingerprint density at radius 2 is 2.17 bits per heavy atom. The fraction of sp³-hybridized carbons (Fsp3) is 1.00. The highest BCUT2D eigenvalue weighted by atomic mass is 15.1. The lowest BCUT2D eigenvalue weighted by atomic mass is 9.72. The molecule has 0 aliphatic carbocycles. The summed E-state index contributed by atoms with van der Waals surface area (Å²) in [5, 5.41) is 0. The molecule has 0 aromatic heterocycles. The van der Waals surface area contributed by atoms with Crippen molar-refractivity contribution in [1.82, 2.24) is 4.90 Å². The van der Waals surface area contributed by atoms with Crippen LogP contribution in [-0.4, -0.2) is 31.6 Å². The molecule has 2 N–H and O–H groups in total. The summed E-state index contributed by atoms with van der Waals surface area (Å²) < 4.78 is 0. The summed E-state index contributed by atoms with van der Waals surface area (Å²) in [5.41, 5.74) is 6.07. The average molecular weight is 170 g/mol. The van der Waals surface area contributed by atoms with E-state index in [0.717, 1.165) is 12.5 Å². The van der Waals surface area contributed by atoms with E-state index in [9.17, 15) is 0 Å². The molecule has 0 radical (unpaired) electrons. The second kappa shape index (κ2) is 3.75. The van der Waals surface area contributed by atoms with Gasteiger partial charge >= 0.3 is 0 Å². The second-order valence-electron chi connectivity index (χ2n) is 4.79. The molecule has 0 amide bonds. The average Bonchev–Trinajstić information content (AvgIpc) is 1.94. The van der Waals surface area contributed by atoms with E-state index < -0.39 is 0 Å². The van der Waals surface area contributed by atoms with Crippen molar-refractivity contribution in [2.75, 3.05) is 26.7 Å². The van der Waals surface area contributed by atoms with Crippen LogP contribution in [0.5, 0.6) is 0 Å². The quantitative estimate of drug-likeness (QED) is 0.677. The zero-order valence-corrected chi connectivity index (χ0v) is 8.64. The maximum Gasteiger partial charge on any atom is 0.00323 e. The van der Waals surface area contributed by atoms with Gasteiger partial charge in [-0.05, 0) is 44.3 Å². The van der Waals surface area contributed by atoms with E-state index in [4.69, 9.17) is 5.73 Å². The van der Waals surface area contributed by atoms with E-state index in [1.807, 2.05) is 0 Å². The van der Waals surface area contributed by atoms with Gasteiger partial charge in [0, 0.05) is 6.54 Å². The van der Waals surface area contributed by atoms with Gasteiger partial charge in [-0.15, -0.1) is 0 Å². The van der Waals surface area contributed by atoms with Crippen molar-refractivity contribution in [2.45, 2.75) is 26.7 Å². The Bertz CT molecular complexity index is 143. The van der Waals surface area contributed by atoms with E-state index in [1.54, 1.807) is 0 Å². The molecule has 0 aromatic rings. The predicted octanol–water partition coefficient (Wildman–Crippen LogP) is 1.31. The fourth-order valence-electron chi connectivity index (χ4n) is 2.41. The number of nitrogens with two attached hydrogens (primary N) is 1. The normalized spacial score (nSPS) is 30.5. The second-order valence-corrected chi connectivity index (χ2v) is 4.79. The van der Waals surface area contributed by atoms with E-state index >= 15 is 0 Å². The summed E-state index contributed by atoms with van der Waals surface area (Å²) in [5.74, 6) is 0.832. The number of nitrogens with zero attached hydrogens (tertiary/aromatic N) is 1. The fourth-order valence-corrected chi connectivity index (χ4v) is 2.41. The van der Waals surface area contributed by atoms with Crippen LogP contribution < -0.4 is 5.73 Å². The van der Waals surface area contributed by atoms with Gasteiger partial charge in [0.2, 0.25) is 0 Å². The third-order valence-corrected chi connectivity index (χ3v) is 3.16. The molecule has 1 heterocycles. The highest BCUT2D eigenvalue weighted by Gasteiger charge is 2.33. The first kappa shape index (κ1) is 10.0. The first-order valence-corrected chi connectivity index (χ1v) is 4.95. The molecule has 0 spiro atoms. The monoisotopic (exact) mass is 170 g/mol. The van der Waals surface area contributed by atoms with Gasteiger partial charge in [-0.3, -0.25) is 0 Å². The molecule has 1 aliphatic rings. The van der Waals surface area contributed by atoms with Crippen LogP contribution >= 0.6 is 0 Å². The van der Waals surface area contributed by atoms with E-state index in [-0.39, 0.29) is 0 Å². The maximum absolute atomic E-state index is 5.60. The molecular weight excluding hydrogens is 148 g/mol. The van der Waals surface area contributed by atoms with Gasteiger partial charge in [-0.25, -0.2) is 0 Å². The van der Waals surface area contributed by atoms with Gasteiger partial charge in [-0.1, -0.05) is 13.8 Å². The molecule has 72 valence electrons. The highest BCUT2D eigenvalue weighted by Crippen LogP contribution is 2.35. The van der Waals surface area contributed by atoms with Crippen LogP contribution in [0.2, 0.25) is 0 Å². The van der Waals surface area contributed by atoms with Crippen LogP contribution in [0.15, 0.2) is 0 Å². The lowest BCUT2D eigenvalue weighted by Gasteiger charge is -2.43. The van der Waals surface area contributed by atoms with Gasteiger partial charge in [0.25, 0.3) is 0 Å². The maximum atomic E-state index is 5.60. The first-order chi connectivity index (χ1) is 5.56. The molecule has 1 fully saturated rings. The van der Waals surface area contributed by atoms with Crippen LogP contribution in [-0.2, 0) is 0 Å². The Morgan fingerprint density at radius 3 is 2.67 bits per heavy atom. The van der Waals surface area contributed by atoms with Gasteiger partial charge in [-0.2, -0.15) is 0 Å². The lowest BCUT2D eigenvalue weighted by Crippen LogP contribution is -2.44. The minimum Gasteiger partial charge on any atom is -0.330 e. The molecule has 2 heteroatoms. The Hall–Kier alpha value is -0.0800. The van der Waals surface area contributed by atoms with Crippen molar-refractivity contribution in [3.05, 3.63) is 0 Å². The summed E-state index contributed by atoms with van der Waals surface area (Å²) in [6.07, 6.45) is 2.52. The lowest BCUT2D eigenvalue weighted by molar-refractivity contribution is 0.0680. The van der Waals surface area contributed by atoms with Crippen molar-refractivity contribution in [2.24, 2.45) is 17.1 Å². The van der Waals surface area contributed by atoms with Crippen LogP contribution in [0.1, 0.15) is 26.7 Å². The van der Waals surface area contributed by atoms with Crippen LogP contribution in [0.3, 0.4) is 0 Å². The minimum absolute atomic E-state index is 0.465. The molecule has 1 atom stereocenters. The standard InChI is InChI=1S/C10H22N2/c1-10(2)8-12(3)7-5-9(10)4-6-11/h9H,4-8,11H2,1-3H3. The first-order valence-electron chi connectivity index (χ1n) is 4.95. The third kappa shape index (κ3) is 2.20. The van der Waals surface area contributed by atoms with Crippen molar-refractivity contribution in [3.8, 4) is 0 Å². The van der Waals surface area contributed by atoms with Crippen molar-refractivity contribution in [1.29, 1.82) is 0 Å².